The Balaban J connectivity index is 2.29. The lowest BCUT2D eigenvalue weighted by atomic mass is 10.3. The van der Waals surface area contributed by atoms with Crippen LogP contribution in [0.4, 0.5) is 23.0 Å². The molecule has 0 atom stereocenters. The zero-order valence-electron chi connectivity index (χ0n) is 9.13. The summed E-state index contributed by atoms with van der Waals surface area (Å²) >= 11 is 5.76. The van der Waals surface area contributed by atoms with Crippen LogP contribution < -0.4 is 11.5 Å². The highest BCUT2D eigenvalue weighted by Gasteiger charge is 2.09. The summed E-state index contributed by atoms with van der Waals surface area (Å²) in [4.78, 5) is 0. The molecule has 1 heterocycles. The third-order valence-corrected chi connectivity index (χ3v) is 2.44. The quantitative estimate of drug-likeness (QED) is 0.802. The molecule has 0 aliphatic carbocycles. The summed E-state index contributed by atoms with van der Waals surface area (Å²) in [5.74, 6) is 0.628. The Morgan fingerprint density at radius 1 is 1.18 bits per heavy atom. The first-order valence-corrected chi connectivity index (χ1v) is 5.21. The number of aromatic nitrogens is 2. The molecular formula is C10H11ClN6. The summed E-state index contributed by atoms with van der Waals surface area (Å²) in [6.45, 7) is 0. The molecule has 17 heavy (non-hydrogen) atoms. The number of halogens is 1. The van der Waals surface area contributed by atoms with Crippen molar-refractivity contribution >= 4 is 34.6 Å². The van der Waals surface area contributed by atoms with Gasteiger partial charge < -0.3 is 11.5 Å². The molecule has 2 aromatic rings. The average Bonchev–Trinajstić information content (AvgIpc) is 2.54. The van der Waals surface area contributed by atoms with Crippen LogP contribution in [0.5, 0.6) is 0 Å². The largest absolute Gasteiger partial charge is 0.382 e. The first-order chi connectivity index (χ1) is 8.08. The van der Waals surface area contributed by atoms with Gasteiger partial charge in [0.2, 0.25) is 0 Å². The van der Waals surface area contributed by atoms with E-state index in [1.165, 1.54) is 4.68 Å². The van der Waals surface area contributed by atoms with E-state index in [-0.39, 0.29) is 5.82 Å². The van der Waals surface area contributed by atoms with E-state index in [0.29, 0.717) is 22.2 Å². The second-order valence-electron chi connectivity index (χ2n) is 3.42. The molecular weight excluding hydrogens is 240 g/mol. The van der Waals surface area contributed by atoms with Crippen LogP contribution in [0.15, 0.2) is 34.5 Å². The van der Waals surface area contributed by atoms with Gasteiger partial charge in [0.15, 0.2) is 17.3 Å². The van der Waals surface area contributed by atoms with Gasteiger partial charge in [-0.3, -0.25) is 0 Å². The Morgan fingerprint density at radius 3 is 2.35 bits per heavy atom. The molecule has 0 radical (unpaired) electrons. The molecule has 0 fully saturated rings. The van der Waals surface area contributed by atoms with Crippen molar-refractivity contribution < 1.29 is 0 Å². The highest BCUT2D eigenvalue weighted by molar-refractivity contribution is 6.30. The number of azo groups is 1. The number of aryl methyl sites for hydroxylation is 1. The Hall–Kier alpha value is -2.08. The van der Waals surface area contributed by atoms with Gasteiger partial charge in [-0.15, -0.1) is 5.11 Å². The van der Waals surface area contributed by atoms with Crippen molar-refractivity contribution in [2.75, 3.05) is 11.5 Å². The van der Waals surface area contributed by atoms with Crippen molar-refractivity contribution in [3.8, 4) is 0 Å². The Kier molecular flexibility index (Phi) is 2.97. The molecule has 2 rings (SSSR count). The van der Waals surface area contributed by atoms with Crippen LogP contribution in [0, 0.1) is 0 Å². The van der Waals surface area contributed by atoms with Crippen molar-refractivity contribution in [3.05, 3.63) is 29.3 Å². The second kappa shape index (κ2) is 4.42. The van der Waals surface area contributed by atoms with Crippen molar-refractivity contribution in [1.29, 1.82) is 0 Å². The van der Waals surface area contributed by atoms with E-state index in [1.54, 1.807) is 31.3 Å². The number of benzene rings is 1. The monoisotopic (exact) mass is 250 g/mol. The van der Waals surface area contributed by atoms with Gasteiger partial charge in [0, 0.05) is 12.1 Å². The van der Waals surface area contributed by atoms with Gasteiger partial charge >= 0.3 is 0 Å². The number of rotatable bonds is 2. The smallest absolute Gasteiger partial charge is 0.175 e. The maximum absolute atomic E-state index is 5.76. The number of nitrogens with two attached hydrogens (primary N) is 2. The van der Waals surface area contributed by atoms with Crippen molar-refractivity contribution in [1.82, 2.24) is 9.78 Å². The fraction of sp³-hybridized carbons (Fsp3) is 0.100. The first kappa shape index (κ1) is 11.4. The van der Waals surface area contributed by atoms with E-state index in [1.807, 2.05) is 0 Å². The lowest BCUT2D eigenvalue weighted by molar-refractivity contribution is 0.783. The van der Waals surface area contributed by atoms with E-state index >= 15 is 0 Å². The Morgan fingerprint density at radius 2 is 1.82 bits per heavy atom. The lowest BCUT2D eigenvalue weighted by Gasteiger charge is -1.94. The molecule has 0 aliphatic rings. The highest BCUT2D eigenvalue weighted by atomic mass is 35.5. The van der Waals surface area contributed by atoms with Crippen LogP contribution in [-0.4, -0.2) is 9.78 Å². The van der Waals surface area contributed by atoms with Crippen LogP contribution >= 0.6 is 11.6 Å². The second-order valence-corrected chi connectivity index (χ2v) is 3.86. The van der Waals surface area contributed by atoms with Crippen molar-refractivity contribution in [2.24, 2.45) is 17.3 Å². The molecule has 4 N–H and O–H groups in total. The number of hydrogen-bond donors (Lipinski definition) is 2. The summed E-state index contributed by atoms with van der Waals surface area (Å²) < 4.78 is 1.45. The number of nitrogen functional groups attached to an aromatic ring is 2. The molecule has 6 nitrogen and oxygen atoms in total. The molecule has 0 saturated heterocycles. The van der Waals surface area contributed by atoms with Crippen LogP contribution in [-0.2, 0) is 7.05 Å². The van der Waals surface area contributed by atoms with Gasteiger partial charge in [-0.25, -0.2) is 4.68 Å². The predicted molar refractivity (Wildman–Crippen MR) is 67.7 cm³/mol. The number of hydrogen-bond acceptors (Lipinski definition) is 5. The summed E-state index contributed by atoms with van der Waals surface area (Å²) in [5.41, 5.74) is 12.4. The van der Waals surface area contributed by atoms with Gasteiger partial charge in [-0.1, -0.05) is 11.6 Å². The molecule has 0 spiro atoms. The molecule has 1 aromatic heterocycles. The van der Waals surface area contributed by atoms with E-state index in [2.05, 4.69) is 15.3 Å². The van der Waals surface area contributed by atoms with Gasteiger partial charge in [-0.2, -0.15) is 10.2 Å². The molecule has 0 bridgehead atoms. The summed E-state index contributed by atoms with van der Waals surface area (Å²) in [6.07, 6.45) is 0. The van der Waals surface area contributed by atoms with Gasteiger partial charge in [0.1, 0.15) is 0 Å². The molecule has 0 saturated carbocycles. The topological polar surface area (TPSA) is 94.6 Å². The zero-order valence-corrected chi connectivity index (χ0v) is 9.89. The van der Waals surface area contributed by atoms with Crippen molar-refractivity contribution in [3.63, 3.8) is 0 Å². The standard InChI is InChI=1S/C10H11ClN6/c1-17-10(13)8(9(12)16-17)15-14-7-4-2-6(11)3-5-7/h2-5H,13H2,1H3,(H2,12,16). The van der Waals surface area contributed by atoms with Crippen LogP contribution in [0.3, 0.4) is 0 Å². The van der Waals surface area contributed by atoms with Crippen LogP contribution in [0.25, 0.3) is 0 Å². The highest BCUT2D eigenvalue weighted by Crippen LogP contribution is 2.29. The lowest BCUT2D eigenvalue weighted by Crippen LogP contribution is -1.97. The molecule has 0 amide bonds. The van der Waals surface area contributed by atoms with Gasteiger partial charge in [0.05, 0.1) is 5.69 Å². The molecule has 1 aromatic carbocycles. The normalized spacial score (nSPS) is 11.2. The Labute approximate surface area is 103 Å². The van der Waals surface area contributed by atoms with E-state index in [0.717, 1.165) is 0 Å². The van der Waals surface area contributed by atoms with Gasteiger partial charge in [0.25, 0.3) is 0 Å². The fourth-order valence-electron chi connectivity index (χ4n) is 1.27. The van der Waals surface area contributed by atoms with E-state index in [4.69, 9.17) is 23.1 Å². The minimum absolute atomic E-state index is 0.253. The van der Waals surface area contributed by atoms with E-state index < -0.39 is 0 Å². The third kappa shape index (κ3) is 2.36. The number of anilines is 2. The first-order valence-electron chi connectivity index (χ1n) is 4.83. The summed E-state index contributed by atoms with van der Waals surface area (Å²) in [6, 6.07) is 6.95. The summed E-state index contributed by atoms with van der Waals surface area (Å²) in [5, 5.41) is 12.6. The predicted octanol–water partition coefficient (Wildman–Crippen LogP) is 2.65. The SMILES string of the molecule is Cn1nc(N)c(N=Nc2ccc(Cl)cc2)c1N. The minimum atomic E-state index is 0.253. The van der Waals surface area contributed by atoms with Crippen LogP contribution in [0.2, 0.25) is 5.02 Å². The molecule has 7 heteroatoms. The molecule has 88 valence electrons. The maximum atomic E-state index is 5.76. The third-order valence-electron chi connectivity index (χ3n) is 2.18. The molecule has 0 unspecified atom stereocenters. The zero-order chi connectivity index (χ0) is 12.4. The molecule has 0 aliphatic heterocycles. The fourth-order valence-corrected chi connectivity index (χ4v) is 1.39. The maximum Gasteiger partial charge on any atom is 0.175 e. The number of nitrogens with zero attached hydrogens (tertiary/aromatic N) is 4. The van der Waals surface area contributed by atoms with E-state index in [9.17, 15) is 0 Å². The van der Waals surface area contributed by atoms with Crippen molar-refractivity contribution in [2.45, 2.75) is 0 Å². The Bertz CT molecular complexity index is 557. The van der Waals surface area contributed by atoms with Crippen LogP contribution in [0.1, 0.15) is 0 Å². The average molecular weight is 251 g/mol. The van der Waals surface area contributed by atoms with Gasteiger partial charge in [-0.05, 0) is 24.3 Å². The summed E-state index contributed by atoms with van der Waals surface area (Å²) in [7, 11) is 1.69. The minimum Gasteiger partial charge on any atom is -0.382 e.